The Kier molecular flexibility index (Phi) is 18.8. The van der Waals surface area contributed by atoms with Gasteiger partial charge < -0.3 is 17.0 Å². The van der Waals surface area contributed by atoms with E-state index in [0.29, 0.717) is 0 Å². The zero-order chi connectivity index (χ0) is 17.3. The summed E-state index contributed by atoms with van der Waals surface area (Å²) >= 11 is 3.24. The SMILES string of the molecule is C=CCCBr.C=CCC[n+]1ccc(C)cc1.Cc1ccncc1.[Br-]. The predicted molar refractivity (Wildman–Crippen MR) is 104 cm³/mol. The molecule has 0 N–H and O–H groups in total. The van der Waals surface area contributed by atoms with Gasteiger partial charge in [-0.25, -0.2) is 4.57 Å². The molecular formula is C20H28Br2N2. The van der Waals surface area contributed by atoms with Gasteiger partial charge in [0.25, 0.3) is 0 Å². The number of aromatic nitrogens is 2. The average Bonchev–Trinajstić information content (AvgIpc) is 2.57. The summed E-state index contributed by atoms with van der Waals surface area (Å²) in [5, 5.41) is 1.04. The number of alkyl halides is 1. The molecule has 0 aliphatic heterocycles. The minimum atomic E-state index is 0. The highest BCUT2D eigenvalue weighted by Crippen LogP contribution is 1.90. The van der Waals surface area contributed by atoms with Gasteiger partial charge >= 0.3 is 0 Å². The molecule has 2 aromatic rings. The molecule has 0 amide bonds. The minimum Gasteiger partial charge on any atom is -1.00 e. The summed E-state index contributed by atoms with van der Waals surface area (Å²) in [7, 11) is 0. The van der Waals surface area contributed by atoms with Crippen LogP contribution in [-0.2, 0) is 6.54 Å². The normalized spacial score (nSPS) is 8.46. The number of rotatable bonds is 5. The maximum Gasteiger partial charge on any atom is 0.169 e. The van der Waals surface area contributed by atoms with Gasteiger partial charge in [-0.15, -0.1) is 13.2 Å². The molecule has 0 unspecified atom stereocenters. The third kappa shape index (κ3) is 15.6. The van der Waals surface area contributed by atoms with Gasteiger partial charge in [-0.05, 0) is 43.5 Å². The summed E-state index contributed by atoms with van der Waals surface area (Å²) < 4.78 is 2.16. The minimum absolute atomic E-state index is 0. The highest BCUT2D eigenvalue weighted by molar-refractivity contribution is 9.09. The van der Waals surface area contributed by atoms with E-state index in [1.165, 1.54) is 11.1 Å². The summed E-state index contributed by atoms with van der Waals surface area (Å²) in [5.41, 5.74) is 2.56. The molecule has 24 heavy (non-hydrogen) atoms. The lowest BCUT2D eigenvalue weighted by molar-refractivity contribution is -0.696. The van der Waals surface area contributed by atoms with Crippen molar-refractivity contribution in [3.63, 3.8) is 0 Å². The van der Waals surface area contributed by atoms with E-state index >= 15 is 0 Å². The fraction of sp³-hybridized carbons (Fsp3) is 0.300. The number of allylic oxidation sites excluding steroid dienone is 2. The second-order valence-electron chi connectivity index (χ2n) is 4.98. The lowest BCUT2D eigenvalue weighted by atomic mass is 10.3. The standard InChI is InChI=1S/C10H14N.C6H7N.C4H7Br.BrH/c1-3-4-7-11-8-5-10(2)6-9-11;1-6-2-4-7-5-3-6;1-2-3-4-5;/h3,5-6,8-9H,1,4,7H2,2H3;2-5H,1H3;2H,1,3-4H2;1H/q+1;;;/p-1. The molecule has 0 bridgehead atoms. The van der Waals surface area contributed by atoms with Gasteiger partial charge in [0.15, 0.2) is 18.9 Å². The second kappa shape index (κ2) is 18.1. The predicted octanol–water partition coefficient (Wildman–Crippen LogP) is 2.21. The number of hydrogen-bond donors (Lipinski definition) is 0. The number of pyridine rings is 2. The third-order valence-electron chi connectivity index (χ3n) is 2.81. The van der Waals surface area contributed by atoms with Crippen LogP contribution in [-0.4, -0.2) is 10.3 Å². The quantitative estimate of drug-likeness (QED) is 0.383. The molecule has 0 aromatic carbocycles. The van der Waals surface area contributed by atoms with E-state index in [1.807, 2.05) is 31.2 Å². The zero-order valence-electron chi connectivity index (χ0n) is 14.7. The van der Waals surface area contributed by atoms with E-state index in [9.17, 15) is 0 Å². The van der Waals surface area contributed by atoms with Gasteiger partial charge in [-0.3, -0.25) is 4.98 Å². The molecule has 2 rings (SSSR count). The van der Waals surface area contributed by atoms with Crippen molar-refractivity contribution in [1.82, 2.24) is 4.98 Å². The van der Waals surface area contributed by atoms with E-state index in [2.05, 4.69) is 70.1 Å². The Labute approximate surface area is 166 Å². The van der Waals surface area contributed by atoms with Crippen molar-refractivity contribution in [1.29, 1.82) is 0 Å². The average molecular weight is 456 g/mol. The summed E-state index contributed by atoms with van der Waals surface area (Å²) in [6, 6.07) is 8.17. The first-order chi connectivity index (χ1) is 11.1. The lowest BCUT2D eigenvalue weighted by Crippen LogP contribution is -3.00. The van der Waals surface area contributed by atoms with Gasteiger partial charge in [0.1, 0.15) is 0 Å². The molecule has 0 aliphatic carbocycles. The van der Waals surface area contributed by atoms with E-state index in [0.717, 1.165) is 24.7 Å². The Bertz CT molecular complexity index is 525. The number of aryl methyl sites for hydroxylation is 3. The third-order valence-corrected chi connectivity index (χ3v) is 3.27. The van der Waals surface area contributed by atoms with Crippen molar-refractivity contribution in [3.05, 3.63) is 85.5 Å². The maximum atomic E-state index is 3.85. The molecule has 0 atom stereocenters. The van der Waals surface area contributed by atoms with Crippen LogP contribution in [0.1, 0.15) is 24.0 Å². The van der Waals surface area contributed by atoms with Crippen LogP contribution in [0.15, 0.2) is 74.4 Å². The van der Waals surface area contributed by atoms with Gasteiger partial charge in [0.2, 0.25) is 0 Å². The van der Waals surface area contributed by atoms with Crippen molar-refractivity contribution in [2.75, 3.05) is 5.33 Å². The summed E-state index contributed by atoms with van der Waals surface area (Å²) in [6.07, 6.45) is 13.7. The molecule has 4 heteroatoms. The zero-order valence-corrected chi connectivity index (χ0v) is 17.8. The highest BCUT2D eigenvalue weighted by Gasteiger charge is 1.95. The highest BCUT2D eigenvalue weighted by atomic mass is 79.9. The number of hydrogen-bond acceptors (Lipinski definition) is 1. The Morgan fingerprint density at radius 2 is 1.46 bits per heavy atom. The van der Waals surface area contributed by atoms with Crippen molar-refractivity contribution in [2.24, 2.45) is 0 Å². The van der Waals surface area contributed by atoms with Gasteiger partial charge in [-0.1, -0.05) is 28.1 Å². The monoisotopic (exact) mass is 454 g/mol. The van der Waals surface area contributed by atoms with Crippen LogP contribution in [0.4, 0.5) is 0 Å². The van der Waals surface area contributed by atoms with Crippen molar-refractivity contribution in [3.8, 4) is 0 Å². The largest absolute Gasteiger partial charge is 1.00 e. The molecule has 132 valence electrons. The fourth-order valence-corrected chi connectivity index (χ4v) is 1.75. The molecule has 0 spiro atoms. The Morgan fingerprint density at radius 1 is 0.958 bits per heavy atom. The van der Waals surface area contributed by atoms with E-state index < -0.39 is 0 Å². The fourth-order valence-electron chi connectivity index (χ4n) is 1.42. The number of nitrogens with zero attached hydrogens (tertiary/aromatic N) is 2. The second-order valence-corrected chi connectivity index (χ2v) is 5.77. The summed E-state index contributed by atoms with van der Waals surface area (Å²) in [6.45, 7) is 12.4. The Balaban J connectivity index is 0. The first-order valence-corrected chi connectivity index (χ1v) is 8.86. The first kappa shape index (κ1) is 25.0. The molecule has 0 radical (unpaired) electrons. The van der Waals surface area contributed by atoms with Crippen LogP contribution in [0.5, 0.6) is 0 Å². The molecule has 0 saturated carbocycles. The molecule has 0 fully saturated rings. The first-order valence-electron chi connectivity index (χ1n) is 7.74. The molecule has 0 aliphatic rings. The van der Waals surface area contributed by atoms with Crippen molar-refractivity contribution in [2.45, 2.75) is 33.2 Å². The Morgan fingerprint density at radius 3 is 1.79 bits per heavy atom. The van der Waals surface area contributed by atoms with Crippen molar-refractivity contribution < 1.29 is 21.5 Å². The summed E-state index contributed by atoms with van der Waals surface area (Å²) in [5.74, 6) is 0. The van der Waals surface area contributed by atoms with Crippen LogP contribution in [0.3, 0.4) is 0 Å². The molecule has 2 aromatic heterocycles. The molecular weight excluding hydrogens is 428 g/mol. The van der Waals surface area contributed by atoms with E-state index in [1.54, 1.807) is 12.4 Å². The Hall–Kier alpha value is -1.26. The van der Waals surface area contributed by atoms with Gasteiger partial charge in [-0.2, -0.15) is 0 Å². The number of halogens is 2. The van der Waals surface area contributed by atoms with Crippen LogP contribution in [0.25, 0.3) is 0 Å². The smallest absolute Gasteiger partial charge is 0.169 e. The van der Waals surface area contributed by atoms with Crippen LogP contribution < -0.4 is 21.5 Å². The van der Waals surface area contributed by atoms with E-state index in [4.69, 9.17) is 0 Å². The molecule has 2 heterocycles. The van der Waals surface area contributed by atoms with E-state index in [-0.39, 0.29) is 17.0 Å². The maximum absolute atomic E-state index is 3.85. The lowest BCUT2D eigenvalue weighted by Gasteiger charge is -1.92. The van der Waals surface area contributed by atoms with Crippen LogP contribution in [0, 0.1) is 13.8 Å². The van der Waals surface area contributed by atoms with Crippen LogP contribution >= 0.6 is 15.9 Å². The van der Waals surface area contributed by atoms with Crippen molar-refractivity contribution >= 4 is 15.9 Å². The van der Waals surface area contributed by atoms with Crippen LogP contribution in [0.2, 0.25) is 0 Å². The molecule has 0 saturated heterocycles. The summed E-state index contributed by atoms with van der Waals surface area (Å²) in [4.78, 5) is 3.85. The topological polar surface area (TPSA) is 16.8 Å². The van der Waals surface area contributed by atoms with Gasteiger partial charge in [0, 0.05) is 36.3 Å². The molecule has 2 nitrogen and oxygen atoms in total. The van der Waals surface area contributed by atoms with Gasteiger partial charge in [0.05, 0.1) is 0 Å².